The van der Waals surface area contributed by atoms with Crippen LogP contribution in [0.3, 0.4) is 0 Å². The smallest absolute Gasteiger partial charge is 0.250 e. The molecule has 0 N–H and O–H groups in total. The lowest BCUT2D eigenvalue weighted by atomic mass is 9.97. The van der Waals surface area contributed by atoms with Gasteiger partial charge in [0.2, 0.25) is 5.43 Å². The molecule has 2 atom stereocenters. The number of hydrogen-bond donors (Lipinski definition) is 0. The van der Waals surface area contributed by atoms with Crippen LogP contribution in [-0.4, -0.2) is 20.5 Å². The van der Waals surface area contributed by atoms with Crippen molar-refractivity contribution in [3.63, 3.8) is 0 Å². The highest BCUT2D eigenvalue weighted by Gasteiger charge is 2.41. The summed E-state index contributed by atoms with van der Waals surface area (Å²) in [6.45, 7) is 0. The molecular weight excluding hydrogens is 360 g/mol. The fraction of sp³-hybridized carbons (Fsp3) is 0.211. The largest absolute Gasteiger partial charge is 0.495 e. The lowest BCUT2D eigenvalue weighted by Crippen LogP contribution is -2.14. The lowest BCUT2D eigenvalue weighted by Gasteiger charge is -2.13. The first-order valence-electron chi connectivity index (χ1n) is 7.96. The van der Waals surface area contributed by atoms with Gasteiger partial charge in [-0.3, -0.25) is 4.79 Å². The number of benzene rings is 2. The summed E-state index contributed by atoms with van der Waals surface area (Å²) in [6, 6.07) is 4.97. The molecule has 0 radical (unpaired) electrons. The van der Waals surface area contributed by atoms with E-state index in [4.69, 9.17) is 35.0 Å². The summed E-state index contributed by atoms with van der Waals surface area (Å²) in [7, 11) is 2.98. The van der Waals surface area contributed by atoms with Gasteiger partial charge in [0.25, 0.3) is 6.29 Å². The molecular formula is C19H13ClO6. The summed E-state index contributed by atoms with van der Waals surface area (Å²) in [4.78, 5) is 13.3. The molecule has 0 amide bonds. The maximum atomic E-state index is 13.3. The Morgan fingerprint density at radius 1 is 1.08 bits per heavy atom. The van der Waals surface area contributed by atoms with Gasteiger partial charge in [-0.1, -0.05) is 11.6 Å². The molecule has 3 heterocycles. The number of ether oxygens (including phenoxy) is 4. The van der Waals surface area contributed by atoms with E-state index in [1.54, 1.807) is 24.5 Å². The van der Waals surface area contributed by atoms with Gasteiger partial charge in [0.05, 0.1) is 37.0 Å². The minimum Gasteiger partial charge on any atom is -0.495 e. The van der Waals surface area contributed by atoms with E-state index in [0.29, 0.717) is 33.1 Å². The molecule has 0 saturated carbocycles. The van der Waals surface area contributed by atoms with Crippen molar-refractivity contribution in [3.05, 3.63) is 51.3 Å². The predicted octanol–water partition coefficient (Wildman–Crippen LogP) is 3.96. The van der Waals surface area contributed by atoms with Gasteiger partial charge in [-0.05, 0) is 18.2 Å². The van der Waals surface area contributed by atoms with E-state index in [1.807, 2.05) is 6.08 Å². The minimum absolute atomic E-state index is 0.138. The summed E-state index contributed by atoms with van der Waals surface area (Å²) in [5.74, 6) is 1.14. The third-order valence-corrected chi connectivity index (χ3v) is 5.07. The van der Waals surface area contributed by atoms with Crippen molar-refractivity contribution in [1.29, 1.82) is 0 Å². The van der Waals surface area contributed by atoms with E-state index in [9.17, 15) is 4.79 Å². The highest BCUT2D eigenvalue weighted by molar-refractivity contribution is 6.33. The third kappa shape index (κ3) is 1.85. The van der Waals surface area contributed by atoms with Crippen molar-refractivity contribution in [2.24, 2.45) is 0 Å². The van der Waals surface area contributed by atoms with E-state index < -0.39 is 6.29 Å². The summed E-state index contributed by atoms with van der Waals surface area (Å²) in [5, 5.41) is 0.936. The van der Waals surface area contributed by atoms with Crippen molar-refractivity contribution in [2.75, 3.05) is 14.2 Å². The molecule has 6 nitrogen and oxygen atoms in total. The number of halogens is 1. The molecule has 2 aliphatic rings. The molecule has 26 heavy (non-hydrogen) atoms. The summed E-state index contributed by atoms with van der Waals surface area (Å²) < 4.78 is 28.2. The molecule has 2 aromatic carbocycles. The summed E-state index contributed by atoms with van der Waals surface area (Å²) in [5.41, 5.74) is 1.24. The normalized spacial score (nSPS) is 20.0. The Labute approximate surface area is 152 Å². The Morgan fingerprint density at radius 2 is 1.85 bits per heavy atom. The molecule has 7 heteroatoms. The molecule has 2 aliphatic heterocycles. The Hall–Kier alpha value is -2.86. The van der Waals surface area contributed by atoms with E-state index in [0.717, 1.165) is 5.56 Å². The average molecular weight is 373 g/mol. The van der Waals surface area contributed by atoms with Crippen LogP contribution in [0.15, 0.2) is 39.7 Å². The molecule has 0 fully saturated rings. The van der Waals surface area contributed by atoms with Crippen molar-refractivity contribution < 1.29 is 23.4 Å². The first-order chi connectivity index (χ1) is 12.6. The van der Waals surface area contributed by atoms with Crippen LogP contribution in [0.25, 0.3) is 21.9 Å². The number of fused-ring (bicyclic) bond motifs is 5. The summed E-state index contributed by atoms with van der Waals surface area (Å²) >= 11 is 6.18. The third-order valence-electron chi connectivity index (χ3n) is 4.77. The van der Waals surface area contributed by atoms with Crippen molar-refractivity contribution >= 4 is 33.5 Å². The monoisotopic (exact) mass is 372 g/mol. The van der Waals surface area contributed by atoms with Gasteiger partial charge in [-0.15, -0.1) is 0 Å². The zero-order valence-electron chi connectivity index (χ0n) is 13.9. The van der Waals surface area contributed by atoms with Crippen LogP contribution in [0, 0.1) is 0 Å². The van der Waals surface area contributed by atoms with Gasteiger partial charge < -0.3 is 23.4 Å². The molecule has 1 unspecified atom stereocenters. The molecule has 0 bridgehead atoms. The van der Waals surface area contributed by atoms with Gasteiger partial charge in [0.15, 0.2) is 5.75 Å². The Kier molecular flexibility index (Phi) is 3.15. The molecule has 3 aromatic rings. The first-order valence-corrected chi connectivity index (χ1v) is 8.34. The van der Waals surface area contributed by atoms with Crippen LogP contribution in [0.4, 0.5) is 0 Å². The molecule has 0 saturated heterocycles. The van der Waals surface area contributed by atoms with E-state index in [-0.39, 0.29) is 22.5 Å². The maximum Gasteiger partial charge on any atom is 0.250 e. The van der Waals surface area contributed by atoms with E-state index >= 15 is 0 Å². The minimum atomic E-state index is -0.454. The fourth-order valence-electron chi connectivity index (χ4n) is 3.67. The van der Waals surface area contributed by atoms with Gasteiger partial charge >= 0.3 is 0 Å². The predicted molar refractivity (Wildman–Crippen MR) is 95.5 cm³/mol. The average Bonchev–Trinajstić information content (AvgIpc) is 3.21. The van der Waals surface area contributed by atoms with Gasteiger partial charge in [-0.2, -0.15) is 0 Å². The van der Waals surface area contributed by atoms with Crippen molar-refractivity contribution in [2.45, 2.75) is 12.2 Å². The summed E-state index contributed by atoms with van der Waals surface area (Å²) in [6.07, 6.45) is 3.02. The lowest BCUT2D eigenvalue weighted by molar-refractivity contribution is -0.00481. The second-order valence-corrected chi connectivity index (χ2v) is 6.46. The number of rotatable bonds is 2. The maximum absolute atomic E-state index is 13.3. The SMILES string of the molecule is COc1c(Cl)ccc2oc3cc4c(c(OC)c3c(=O)c12)[C@@H]1C=COC1O4. The molecule has 5 rings (SSSR count). The highest BCUT2D eigenvalue weighted by atomic mass is 35.5. The molecule has 0 aliphatic carbocycles. The van der Waals surface area contributed by atoms with Crippen LogP contribution in [0.5, 0.6) is 17.2 Å². The topological polar surface area (TPSA) is 67.1 Å². The molecule has 0 spiro atoms. The zero-order chi connectivity index (χ0) is 18.0. The second kappa shape index (κ2) is 5.32. The molecule has 132 valence electrons. The van der Waals surface area contributed by atoms with Gasteiger partial charge in [0, 0.05) is 6.07 Å². The van der Waals surface area contributed by atoms with E-state index in [1.165, 1.54) is 14.2 Å². The van der Waals surface area contributed by atoms with E-state index in [2.05, 4.69) is 0 Å². The number of hydrogen-bond acceptors (Lipinski definition) is 6. The van der Waals surface area contributed by atoms with Crippen LogP contribution in [0.1, 0.15) is 11.5 Å². The van der Waals surface area contributed by atoms with Crippen molar-refractivity contribution in [1.82, 2.24) is 0 Å². The molecule has 1 aromatic heterocycles. The van der Waals surface area contributed by atoms with Crippen molar-refractivity contribution in [3.8, 4) is 17.2 Å². The first kappa shape index (κ1) is 15.4. The van der Waals surface area contributed by atoms with Crippen LogP contribution >= 0.6 is 11.6 Å². The number of methoxy groups -OCH3 is 2. The Morgan fingerprint density at radius 3 is 2.62 bits per heavy atom. The van der Waals surface area contributed by atoms with Crippen LogP contribution < -0.4 is 19.6 Å². The Bertz CT molecular complexity index is 1160. The standard InChI is InChI=1S/C19H13ClO6/c1-22-17-9(20)3-4-10-14(17)16(21)15-12(25-10)7-11-13(18(15)23-2)8-5-6-24-19(8)26-11/h3-8,19H,1-2H3/t8-,19?/m0/s1. The van der Waals surface area contributed by atoms with Crippen LogP contribution in [0.2, 0.25) is 5.02 Å². The second-order valence-electron chi connectivity index (χ2n) is 6.06. The fourth-order valence-corrected chi connectivity index (χ4v) is 3.91. The highest BCUT2D eigenvalue weighted by Crippen LogP contribution is 2.50. The zero-order valence-corrected chi connectivity index (χ0v) is 14.6. The van der Waals surface area contributed by atoms with Gasteiger partial charge in [0.1, 0.15) is 33.4 Å². The quantitative estimate of drug-likeness (QED) is 0.634. The van der Waals surface area contributed by atoms with Gasteiger partial charge in [-0.25, -0.2) is 0 Å². The Balaban J connectivity index is 1.95. The van der Waals surface area contributed by atoms with Crippen LogP contribution in [-0.2, 0) is 4.74 Å².